The summed E-state index contributed by atoms with van der Waals surface area (Å²) in [4.78, 5) is 4.16. The molecule has 0 saturated heterocycles. The van der Waals surface area contributed by atoms with Crippen LogP contribution in [0.4, 0.5) is 0 Å². The molecule has 0 fully saturated rings. The minimum Gasteiger partial charge on any atom is -0.504 e. The Bertz CT molecular complexity index is 363. The zero-order chi connectivity index (χ0) is 9.26. The van der Waals surface area contributed by atoms with Gasteiger partial charge in [-0.25, -0.2) is 0 Å². The molecule has 3 nitrogen and oxygen atoms in total. The van der Waals surface area contributed by atoms with Crippen molar-refractivity contribution in [3.63, 3.8) is 0 Å². The highest BCUT2D eigenvalue weighted by molar-refractivity contribution is 5.85. The molecule has 1 aliphatic rings. The quantitative estimate of drug-likeness (QED) is 0.773. The summed E-state index contributed by atoms with van der Waals surface area (Å²) in [6.07, 6.45) is 2.71. The normalized spacial score (nSPS) is 12.9. The third kappa shape index (κ3) is 1.82. The molecule has 2 rings (SSSR count). The molecule has 4 heteroatoms. The lowest BCUT2D eigenvalue weighted by Gasteiger charge is -2.12. The first-order valence-electron chi connectivity index (χ1n) is 4.21. The van der Waals surface area contributed by atoms with Crippen molar-refractivity contribution in [2.24, 2.45) is 4.99 Å². The number of hydrogen-bond acceptors (Lipinski definition) is 3. The number of hydrogen-bond donors (Lipinski definition) is 1. The number of nitrogens with zero attached hydrogens (tertiary/aromatic N) is 1. The Balaban J connectivity index is 0.000000980. The van der Waals surface area contributed by atoms with Gasteiger partial charge in [-0.1, -0.05) is 0 Å². The molecule has 0 aliphatic carbocycles. The van der Waals surface area contributed by atoms with Crippen molar-refractivity contribution in [2.75, 3.05) is 13.7 Å². The highest BCUT2D eigenvalue weighted by Gasteiger charge is 2.10. The second-order valence-electron chi connectivity index (χ2n) is 3.01. The predicted molar refractivity (Wildman–Crippen MR) is 58.1 cm³/mol. The van der Waals surface area contributed by atoms with Gasteiger partial charge in [0, 0.05) is 12.8 Å². The zero-order valence-corrected chi connectivity index (χ0v) is 8.67. The first kappa shape index (κ1) is 10.9. The minimum absolute atomic E-state index is 0. The van der Waals surface area contributed by atoms with E-state index >= 15 is 0 Å². The lowest BCUT2D eigenvalue weighted by atomic mass is 10.0. The standard InChI is InChI=1S/C10H11NO2.ClH/c1-13-10-5-8-6-11-3-2-7(8)4-9(10)12;/h4-6,12H,2-3H2,1H3;1H. The summed E-state index contributed by atoms with van der Waals surface area (Å²) in [5, 5.41) is 9.50. The van der Waals surface area contributed by atoms with Crippen LogP contribution in [0.25, 0.3) is 0 Å². The van der Waals surface area contributed by atoms with E-state index in [1.807, 2.05) is 12.3 Å². The Hall–Kier alpha value is -1.22. The number of aliphatic imine (C=N–C) groups is 1. The number of rotatable bonds is 1. The van der Waals surface area contributed by atoms with Crippen LogP contribution in [0.15, 0.2) is 17.1 Å². The molecule has 14 heavy (non-hydrogen) atoms. The lowest BCUT2D eigenvalue weighted by Crippen LogP contribution is -2.03. The first-order valence-corrected chi connectivity index (χ1v) is 4.21. The molecule has 0 saturated carbocycles. The third-order valence-electron chi connectivity index (χ3n) is 2.18. The molecule has 0 atom stereocenters. The molecule has 0 bridgehead atoms. The molecule has 0 unspecified atom stereocenters. The molecular weight excluding hydrogens is 202 g/mol. The van der Waals surface area contributed by atoms with E-state index in [2.05, 4.69) is 4.99 Å². The van der Waals surface area contributed by atoms with Crippen molar-refractivity contribution in [1.82, 2.24) is 0 Å². The van der Waals surface area contributed by atoms with Gasteiger partial charge < -0.3 is 9.84 Å². The Morgan fingerprint density at radius 1 is 1.43 bits per heavy atom. The van der Waals surface area contributed by atoms with Crippen LogP contribution in [0, 0.1) is 0 Å². The van der Waals surface area contributed by atoms with Gasteiger partial charge in [0.25, 0.3) is 0 Å². The second kappa shape index (κ2) is 4.33. The van der Waals surface area contributed by atoms with Gasteiger partial charge in [0.15, 0.2) is 11.5 Å². The van der Waals surface area contributed by atoms with E-state index in [1.165, 1.54) is 0 Å². The molecule has 0 radical (unpaired) electrons. The molecule has 0 amide bonds. The van der Waals surface area contributed by atoms with Crippen LogP contribution in [-0.2, 0) is 6.42 Å². The highest BCUT2D eigenvalue weighted by atomic mass is 35.5. The fraction of sp³-hybridized carbons (Fsp3) is 0.300. The Kier molecular flexibility index (Phi) is 3.36. The molecule has 0 spiro atoms. The van der Waals surface area contributed by atoms with Crippen LogP contribution in [0.5, 0.6) is 11.5 Å². The molecule has 1 aromatic carbocycles. The maximum absolute atomic E-state index is 9.50. The average molecular weight is 214 g/mol. The number of benzene rings is 1. The summed E-state index contributed by atoms with van der Waals surface area (Å²) in [6.45, 7) is 0.804. The van der Waals surface area contributed by atoms with Crippen LogP contribution in [0.2, 0.25) is 0 Å². The summed E-state index contributed by atoms with van der Waals surface area (Å²) < 4.78 is 5.00. The van der Waals surface area contributed by atoms with Gasteiger partial charge in [-0.05, 0) is 29.7 Å². The van der Waals surface area contributed by atoms with Gasteiger partial charge in [0.05, 0.1) is 7.11 Å². The van der Waals surface area contributed by atoms with Gasteiger partial charge >= 0.3 is 0 Å². The van der Waals surface area contributed by atoms with Gasteiger partial charge in [-0.3, -0.25) is 4.99 Å². The molecular formula is C10H12ClNO2. The molecule has 1 aromatic rings. The Morgan fingerprint density at radius 3 is 2.93 bits per heavy atom. The monoisotopic (exact) mass is 213 g/mol. The van der Waals surface area contributed by atoms with Crippen LogP contribution in [0.1, 0.15) is 11.1 Å². The minimum atomic E-state index is 0. The van der Waals surface area contributed by atoms with Crippen LogP contribution >= 0.6 is 12.4 Å². The van der Waals surface area contributed by atoms with Gasteiger partial charge in [-0.2, -0.15) is 0 Å². The molecule has 1 N–H and O–H groups in total. The van der Waals surface area contributed by atoms with E-state index in [4.69, 9.17) is 4.74 Å². The van der Waals surface area contributed by atoms with Crippen molar-refractivity contribution in [3.8, 4) is 11.5 Å². The zero-order valence-electron chi connectivity index (χ0n) is 7.86. The van der Waals surface area contributed by atoms with Crippen molar-refractivity contribution in [3.05, 3.63) is 23.3 Å². The lowest BCUT2D eigenvalue weighted by molar-refractivity contribution is 0.373. The van der Waals surface area contributed by atoms with Crippen molar-refractivity contribution < 1.29 is 9.84 Å². The predicted octanol–water partition coefficient (Wildman–Crippen LogP) is 1.80. The van der Waals surface area contributed by atoms with Crippen molar-refractivity contribution >= 4 is 18.6 Å². The van der Waals surface area contributed by atoms with Crippen LogP contribution < -0.4 is 4.74 Å². The largest absolute Gasteiger partial charge is 0.504 e. The number of ether oxygens (including phenoxy) is 1. The fourth-order valence-electron chi connectivity index (χ4n) is 1.48. The number of phenols is 1. The van der Waals surface area contributed by atoms with E-state index in [0.29, 0.717) is 5.75 Å². The van der Waals surface area contributed by atoms with E-state index in [1.54, 1.807) is 13.2 Å². The number of fused-ring (bicyclic) bond motifs is 1. The summed E-state index contributed by atoms with van der Waals surface area (Å²) in [6, 6.07) is 3.56. The van der Waals surface area contributed by atoms with E-state index < -0.39 is 0 Å². The van der Waals surface area contributed by atoms with E-state index in [9.17, 15) is 5.11 Å². The number of aromatic hydroxyl groups is 1. The SMILES string of the molecule is COc1cc2c(cc1O)CCN=C2.Cl. The number of methoxy groups -OCH3 is 1. The third-order valence-corrected chi connectivity index (χ3v) is 2.18. The van der Waals surface area contributed by atoms with E-state index in [-0.39, 0.29) is 18.2 Å². The second-order valence-corrected chi connectivity index (χ2v) is 3.01. The molecule has 1 heterocycles. The van der Waals surface area contributed by atoms with E-state index in [0.717, 1.165) is 24.1 Å². The first-order chi connectivity index (χ1) is 6.31. The number of phenolic OH excluding ortho intramolecular Hbond substituents is 1. The molecule has 1 aliphatic heterocycles. The molecule has 0 aromatic heterocycles. The molecule has 76 valence electrons. The summed E-state index contributed by atoms with van der Waals surface area (Å²) in [5.74, 6) is 0.712. The smallest absolute Gasteiger partial charge is 0.161 e. The average Bonchev–Trinajstić information content (AvgIpc) is 2.17. The fourth-order valence-corrected chi connectivity index (χ4v) is 1.48. The Labute approximate surface area is 88.8 Å². The summed E-state index contributed by atoms with van der Waals surface area (Å²) in [5.41, 5.74) is 2.18. The van der Waals surface area contributed by atoms with Gasteiger partial charge in [0.2, 0.25) is 0 Å². The Morgan fingerprint density at radius 2 is 2.21 bits per heavy atom. The summed E-state index contributed by atoms with van der Waals surface area (Å²) >= 11 is 0. The van der Waals surface area contributed by atoms with Crippen LogP contribution in [-0.4, -0.2) is 25.0 Å². The summed E-state index contributed by atoms with van der Waals surface area (Å²) in [7, 11) is 1.54. The van der Waals surface area contributed by atoms with Crippen molar-refractivity contribution in [2.45, 2.75) is 6.42 Å². The highest BCUT2D eigenvalue weighted by Crippen LogP contribution is 2.29. The van der Waals surface area contributed by atoms with Crippen molar-refractivity contribution in [1.29, 1.82) is 0 Å². The van der Waals surface area contributed by atoms with Crippen LogP contribution in [0.3, 0.4) is 0 Å². The topological polar surface area (TPSA) is 41.8 Å². The maximum atomic E-state index is 9.50. The van der Waals surface area contributed by atoms with Gasteiger partial charge in [0.1, 0.15) is 0 Å². The number of halogens is 1. The maximum Gasteiger partial charge on any atom is 0.161 e. The van der Waals surface area contributed by atoms with Gasteiger partial charge in [-0.15, -0.1) is 12.4 Å².